The minimum Gasteiger partial charge on any atom is -0.492 e. The summed E-state index contributed by atoms with van der Waals surface area (Å²) in [5, 5.41) is 10.8. The Bertz CT molecular complexity index is 711. The standard InChI is InChI=1S/C16H17N4O3/c1-12-15(11-18-19-12)13-4-2-5-14(10-13)22-9-6-17-16(21)20-7-3-8-23-20/h3-5,7,10-11H,6,8-9H2,1H3,(H,17,21)(H,18,19). The second kappa shape index (κ2) is 6.97. The summed E-state index contributed by atoms with van der Waals surface area (Å²) >= 11 is 0. The maximum atomic E-state index is 11.7. The van der Waals surface area contributed by atoms with Crippen LogP contribution in [0.4, 0.5) is 4.79 Å². The van der Waals surface area contributed by atoms with E-state index in [0.717, 1.165) is 21.9 Å². The van der Waals surface area contributed by atoms with E-state index in [1.807, 2.05) is 25.3 Å². The molecule has 1 aromatic heterocycles. The quantitative estimate of drug-likeness (QED) is 0.828. The van der Waals surface area contributed by atoms with E-state index in [9.17, 15) is 4.79 Å². The van der Waals surface area contributed by atoms with Gasteiger partial charge in [0.1, 0.15) is 12.4 Å². The van der Waals surface area contributed by atoms with Crippen LogP contribution >= 0.6 is 0 Å². The first-order chi connectivity index (χ1) is 11.2. The molecule has 23 heavy (non-hydrogen) atoms. The van der Waals surface area contributed by atoms with Gasteiger partial charge in [0, 0.05) is 18.0 Å². The van der Waals surface area contributed by atoms with Crippen molar-refractivity contribution in [2.45, 2.75) is 6.92 Å². The SMILES string of the molecule is Cc1n[nH]cc1-c1c[c]cc(OCCNC(=O)N2C=CCO2)c1. The molecule has 0 spiro atoms. The Labute approximate surface area is 133 Å². The highest BCUT2D eigenvalue weighted by molar-refractivity contribution is 5.74. The first-order valence-electron chi connectivity index (χ1n) is 7.25. The molecule has 1 aromatic carbocycles. The molecule has 0 saturated carbocycles. The van der Waals surface area contributed by atoms with E-state index in [1.54, 1.807) is 18.3 Å². The van der Waals surface area contributed by atoms with E-state index in [1.165, 1.54) is 0 Å². The van der Waals surface area contributed by atoms with E-state index < -0.39 is 0 Å². The minimum atomic E-state index is -0.309. The molecule has 2 amide bonds. The average molecular weight is 313 g/mol. The summed E-state index contributed by atoms with van der Waals surface area (Å²) in [7, 11) is 0. The number of hydrogen-bond donors (Lipinski definition) is 2. The van der Waals surface area contributed by atoms with Crippen molar-refractivity contribution in [3.63, 3.8) is 0 Å². The van der Waals surface area contributed by atoms with Crippen molar-refractivity contribution in [3.05, 3.63) is 48.4 Å². The van der Waals surface area contributed by atoms with Crippen LogP contribution in [0.1, 0.15) is 5.69 Å². The van der Waals surface area contributed by atoms with Gasteiger partial charge in [-0.2, -0.15) is 10.2 Å². The van der Waals surface area contributed by atoms with Crippen molar-refractivity contribution in [1.29, 1.82) is 0 Å². The Morgan fingerprint density at radius 1 is 1.57 bits per heavy atom. The average Bonchev–Trinajstić information content (AvgIpc) is 3.23. The number of nitrogens with zero attached hydrogens (tertiary/aromatic N) is 2. The predicted molar refractivity (Wildman–Crippen MR) is 83.4 cm³/mol. The zero-order valence-electron chi connectivity index (χ0n) is 12.7. The molecule has 2 aromatic rings. The molecule has 0 fully saturated rings. The lowest BCUT2D eigenvalue weighted by Gasteiger charge is -2.13. The van der Waals surface area contributed by atoms with Gasteiger partial charge in [0.2, 0.25) is 0 Å². The van der Waals surface area contributed by atoms with E-state index in [4.69, 9.17) is 9.57 Å². The van der Waals surface area contributed by atoms with Gasteiger partial charge in [-0.3, -0.25) is 9.94 Å². The molecule has 7 heteroatoms. The fourth-order valence-corrected chi connectivity index (χ4v) is 2.18. The van der Waals surface area contributed by atoms with Gasteiger partial charge in [-0.15, -0.1) is 0 Å². The van der Waals surface area contributed by atoms with Gasteiger partial charge in [0.25, 0.3) is 0 Å². The Hall–Kier alpha value is -2.80. The maximum absolute atomic E-state index is 11.7. The van der Waals surface area contributed by atoms with Crippen molar-refractivity contribution < 1.29 is 14.4 Å². The summed E-state index contributed by atoms with van der Waals surface area (Å²) < 4.78 is 5.64. The number of amides is 2. The first-order valence-corrected chi connectivity index (χ1v) is 7.25. The van der Waals surface area contributed by atoms with Crippen LogP contribution in [0.5, 0.6) is 5.75 Å². The van der Waals surface area contributed by atoms with Crippen molar-refractivity contribution in [3.8, 4) is 16.9 Å². The lowest BCUT2D eigenvalue weighted by molar-refractivity contribution is -0.0488. The Morgan fingerprint density at radius 2 is 2.48 bits per heavy atom. The number of rotatable bonds is 5. The largest absolute Gasteiger partial charge is 0.492 e. The number of carbonyl (C=O) groups is 1. The van der Waals surface area contributed by atoms with Crippen molar-refractivity contribution in [2.75, 3.05) is 19.8 Å². The molecule has 3 rings (SSSR count). The number of aryl methyl sites for hydroxylation is 1. The number of benzene rings is 1. The normalized spacial score (nSPS) is 13.3. The molecular formula is C16H17N4O3. The maximum Gasteiger partial charge on any atom is 0.345 e. The van der Waals surface area contributed by atoms with E-state index in [0.29, 0.717) is 25.5 Å². The number of nitrogens with one attached hydrogen (secondary N) is 2. The minimum absolute atomic E-state index is 0.309. The van der Waals surface area contributed by atoms with Crippen LogP contribution in [0.3, 0.4) is 0 Å². The van der Waals surface area contributed by atoms with Crippen LogP contribution < -0.4 is 10.1 Å². The summed E-state index contributed by atoms with van der Waals surface area (Å²) in [6.45, 7) is 3.08. The smallest absolute Gasteiger partial charge is 0.345 e. The van der Waals surface area contributed by atoms with Crippen LogP contribution in [0.25, 0.3) is 11.1 Å². The van der Waals surface area contributed by atoms with Gasteiger partial charge in [0.05, 0.1) is 18.8 Å². The molecular weight excluding hydrogens is 296 g/mol. The summed E-state index contributed by atoms with van der Waals surface area (Å²) in [5.74, 6) is 0.690. The number of hydroxylamine groups is 2. The fraction of sp³-hybridized carbons (Fsp3) is 0.250. The molecule has 7 nitrogen and oxygen atoms in total. The Kier molecular flexibility index (Phi) is 4.58. The Balaban J connectivity index is 1.50. The highest BCUT2D eigenvalue weighted by atomic mass is 16.7. The lowest BCUT2D eigenvalue weighted by atomic mass is 10.1. The molecule has 0 saturated heterocycles. The third-order valence-corrected chi connectivity index (χ3v) is 3.30. The van der Waals surface area contributed by atoms with Crippen molar-refractivity contribution in [1.82, 2.24) is 20.6 Å². The van der Waals surface area contributed by atoms with Crippen LogP contribution in [0.2, 0.25) is 0 Å². The van der Waals surface area contributed by atoms with Gasteiger partial charge in [-0.05, 0) is 42.8 Å². The highest BCUT2D eigenvalue weighted by Gasteiger charge is 2.13. The second-order valence-electron chi connectivity index (χ2n) is 4.93. The molecule has 0 bridgehead atoms. The Morgan fingerprint density at radius 3 is 3.22 bits per heavy atom. The highest BCUT2D eigenvalue weighted by Crippen LogP contribution is 2.24. The molecule has 1 aliphatic rings. The number of aromatic amines is 1. The molecule has 2 N–H and O–H groups in total. The van der Waals surface area contributed by atoms with Crippen molar-refractivity contribution in [2.24, 2.45) is 0 Å². The van der Waals surface area contributed by atoms with Crippen molar-refractivity contribution >= 4 is 6.03 Å². The monoisotopic (exact) mass is 313 g/mol. The van der Waals surface area contributed by atoms with Gasteiger partial charge >= 0.3 is 6.03 Å². The van der Waals surface area contributed by atoms with Gasteiger partial charge in [-0.1, -0.05) is 0 Å². The van der Waals surface area contributed by atoms with Gasteiger partial charge in [-0.25, -0.2) is 4.79 Å². The number of H-pyrrole nitrogens is 1. The lowest BCUT2D eigenvalue weighted by Crippen LogP contribution is -2.37. The zero-order chi connectivity index (χ0) is 16.1. The number of ether oxygens (including phenoxy) is 1. The topological polar surface area (TPSA) is 79.5 Å². The van der Waals surface area contributed by atoms with Crippen LogP contribution in [-0.4, -0.2) is 41.1 Å². The van der Waals surface area contributed by atoms with Gasteiger partial charge in [0.15, 0.2) is 0 Å². The fourth-order valence-electron chi connectivity index (χ4n) is 2.18. The number of aromatic nitrogens is 2. The third kappa shape index (κ3) is 3.70. The van der Waals surface area contributed by atoms with Crippen LogP contribution in [-0.2, 0) is 4.84 Å². The van der Waals surface area contributed by atoms with Crippen LogP contribution in [0, 0.1) is 13.0 Å². The molecule has 1 aliphatic heterocycles. The third-order valence-electron chi connectivity index (χ3n) is 3.30. The second-order valence-corrected chi connectivity index (χ2v) is 4.93. The summed E-state index contributed by atoms with van der Waals surface area (Å²) in [6.07, 6.45) is 5.18. The number of carbonyl (C=O) groups excluding carboxylic acids is 1. The molecule has 119 valence electrons. The molecule has 2 heterocycles. The summed E-state index contributed by atoms with van der Waals surface area (Å²) in [6, 6.07) is 8.29. The van der Waals surface area contributed by atoms with Gasteiger partial charge < -0.3 is 10.1 Å². The van der Waals surface area contributed by atoms with Crippen LogP contribution in [0.15, 0.2) is 36.7 Å². The predicted octanol–water partition coefficient (Wildman–Crippen LogP) is 2.03. The number of hydrogen-bond acceptors (Lipinski definition) is 4. The zero-order valence-corrected chi connectivity index (χ0v) is 12.7. The first kappa shape index (κ1) is 15.1. The molecule has 0 unspecified atom stereocenters. The van der Waals surface area contributed by atoms with E-state index in [-0.39, 0.29) is 6.03 Å². The molecule has 0 atom stereocenters. The summed E-state index contributed by atoms with van der Waals surface area (Å²) in [5.41, 5.74) is 2.91. The van der Waals surface area contributed by atoms with E-state index >= 15 is 0 Å². The van der Waals surface area contributed by atoms with E-state index in [2.05, 4.69) is 21.6 Å². The molecule has 1 radical (unpaired) electrons. The number of urea groups is 1. The summed E-state index contributed by atoms with van der Waals surface area (Å²) in [4.78, 5) is 16.7. The molecule has 0 aliphatic carbocycles.